The van der Waals surface area contributed by atoms with Crippen LogP contribution in [0.2, 0.25) is 0 Å². The Hall–Kier alpha value is -1.51. The molecule has 0 spiro atoms. The highest BCUT2D eigenvalue weighted by atomic mass is 16.5. The minimum atomic E-state index is -0.912. The van der Waals surface area contributed by atoms with Gasteiger partial charge >= 0.3 is 5.97 Å². The van der Waals surface area contributed by atoms with Gasteiger partial charge < -0.3 is 9.84 Å². The maximum atomic E-state index is 10.9. The van der Waals surface area contributed by atoms with Crippen molar-refractivity contribution >= 4 is 5.97 Å². The third-order valence-electron chi connectivity index (χ3n) is 2.20. The van der Waals surface area contributed by atoms with E-state index in [4.69, 9.17) is 9.84 Å². The predicted octanol–water partition coefficient (Wildman–Crippen LogP) is 2.98. The molecule has 0 radical (unpaired) electrons. The molecule has 1 rings (SSSR count). The summed E-state index contributed by atoms with van der Waals surface area (Å²) in [4.78, 5) is 10.9. The van der Waals surface area contributed by atoms with Gasteiger partial charge in [0.05, 0.1) is 12.2 Å². The summed E-state index contributed by atoms with van der Waals surface area (Å²) in [6.45, 7) is 6.71. The highest BCUT2D eigenvalue weighted by molar-refractivity contribution is 5.88. The Kier molecular flexibility index (Phi) is 4.35. The number of carboxylic acid groups (broad SMARTS) is 1. The molecule has 0 atom stereocenters. The van der Waals surface area contributed by atoms with Crippen molar-refractivity contribution in [1.29, 1.82) is 0 Å². The molecule has 0 bridgehead atoms. The normalized spacial score (nSPS) is 10.5. The number of ether oxygens (including phenoxy) is 1. The number of carboxylic acids is 1. The van der Waals surface area contributed by atoms with Crippen molar-refractivity contribution in [3.05, 3.63) is 29.3 Å². The smallest absolute Gasteiger partial charge is 0.335 e. The SMILES string of the molecule is CCc1cc(OCC(C)C)cc(C(=O)O)c1. The first-order chi connectivity index (χ1) is 7.52. The van der Waals surface area contributed by atoms with E-state index in [9.17, 15) is 4.79 Å². The van der Waals surface area contributed by atoms with E-state index in [-0.39, 0.29) is 5.56 Å². The van der Waals surface area contributed by atoms with Gasteiger partial charge in [-0.25, -0.2) is 4.79 Å². The van der Waals surface area contributed by atoms with Crippen LogP contribution in [0.3, 0.4) is 0 Å². The first-order valence-corrected chi connectivity index (χ1v) is 5.53. The average molecular weight is 222 g/mol. The molecule has 0 heterocycles. The van der Waals surface area contributed by atoms with E-state index >= 15 is 0 Å². The lowest BCUT2D eigenvalue weighted by Crippen LogP contribution is -2.06. The summed E-state index contributed by atoms with van der Waals surface area (Å²) in [5.74, 6) is 0.161. The first kappa shape index (κ1) is 12.6. The van der Waals surface area contributed by atoms with Gasteiger partial charge in [0.2, 0.25) is 0 Å². The highest BCUT2D eigenvalue weighted by Crippen LogP contribution is 2.18. The maximum Gasteiger partial charge on any atom is 0.335 e. The van der Waals surface area contributed by atoms with Gasteiger partial charge in [0.15, 0.2) is 0 Å². The van der Waals surface area contributed by atoms with Crippen LogP contribution in [0, 0.1) is 5.92 Å². The van der Waals surface area contributed by atoms with E-state index < -0.39 is 5.97 Å². The number of aromatic carboxylic acids is 1. The Bertz CT molecular complexity index is 369. The van der Waals surface area contributed by atoms with Gasteiger partial charge in [-0.2, -0.15) is 0 Å². The predicted molar refractivity (Wildman–Crippen MR) is 63.1 cm³/mol. The minimum Gasteiger partial charge on any atom is -0.493 e. The summed E-state index contributed by atoms with van der Waals surface area (Å²) in [7, 11) is 0. The van der Waals surface area contributed by atoms with Crippen LogP contribution < -0.4 is 4.74 Å². The monoisotopic (exact) mass is 222 g/mol. The van der Waals surface area contributed by atoms with Crippen molar-refractivity contribution in [2.45, 2.75) is 27.2 Å². The van der Waals surface area contributed by atoms with Gasteiger partial charge in [-0.05, 0) is 36.1 Å². The Morgan fingerprint density at radius 1 is 1.38 bits per heavy atom. The molecule has 1 N–H and O–H groups in total. The fourth-order valence-electron chi connectivity index (χ4n) is 1.33. The third kappa shape index (κ3) is 3.57. The minimum absolute atomic E-state index is 0.290. The van der Waals surface area contributed by atoms with Gasteiger partial charge in [0.25, 0.3) is 0 Å². The molecule has 3 heteroatoms. The lowest BCUT2D eigenvalue weighted by molar-refractivity contribution is 0.0696. The van der Waals surface area contributed by atoms with Crippen molar-refractivity contribution < 1.29 is 14.6 Å². The molecular formula is C13H18O3. The van der Waals surface area contributed by atoms with Gasteiger partial charge in [0, 0.05) is 0 Å². The number of hydrogen-bond acceptors (Lipinski definition) is 2. The van der Waals surface area contributed by atoms with Crippen LogP contribution in [0.1, 0.15) is 36.7 Å². The molecule has 16 heavy (non-hydrogen) atoms. The highest BCUT2D eigenvalue weighted by Gasteiger charge is 2.07. The zero-order valence-electron chi connectivity index (χ0n) is 9.99. The quantitative estimate of drug-likeness (QED) is 0.833. The topological polar surface area (TPSA) is 46.5 Å². The van der Waals surface area contributed by atoms with E-state index in [1.54, 1.807) is 12.1 Å². The number of carbonyl (C=O) groups is 1. The molecule has 3 nitrogen and oxygen atoms in total. The lowest BCUT2D eigenvalue weighted by Gasteiger charge is -2.10. The van der Waals surface area contributed by atoms with Crippen LogP contribution in [0.4, 0.5) is 0 Å². The molecular weight excluding hydrogens is 204 g/mol. The second kappa shape index (κ2) is 5.54. The van der Waals surface area contributed by atoms with Crippen molar-refractivity contribution in [3.63, 3.8) is 0 Å². The van der Waals surface area contributed by atoms with E-state index in [0.29, 0.717) is 18.3 Å². The fraction of sp³-hybridized carbons (Fsp3) is 0.462. The molecule has 1 aromatic rings. The Balaban J connectivity index is 2.90. The molecule has 1 aromatic carbocycles. The lowest BCUT2D eigenvalue weighted by atomic mass is 10.1. The maximum absolute atomic E-state index is 10.9. The van der Waals surface area contributed by atoms with Crippen LogP contribution in [0.15, 0.2) is 18.2 Å². The Morgan fingerprint density at radius 2 is 2.06 bits per heavy atom. The standard InChI is InChI=1S/C13H18O3/c1-4-10-5-11(13(14)15)7-12(6-10)16-8-9(2)3/h5-7,9H,4,8H2,1-3H3,(H,14,15). The van der Waals surface area contributed by atoms with Crippen molar-refractivity contribution in [2.75, 3.05) is 6.61 Å². The van der Waals surface area contributed by atoms with Gasteiger partial charge in [-0.15, -0.1) is 0 Å². The summed E-state index contributed by atoms with van der Waals surface area (Å²) in [6, 6.07) is 5.16. The molecule has 0 fully saturated rings. The van der Waals surface area contributed by atoms with Crippen LogP contribution in [-0.2, 0) is 6.42 Å². The van der Waals surface area contributed by atoms with E-state index in [2.05, 4.69) is 13.8 Å². The zero-order valence-corrected chi connectivity index (χ0v) is 9.99. The van der Waals surface area contributed by atoms with Crippen molar-refractivity contribution in [3.8, 4) is 5.75 Å². The van der Waals surface area contributed by atoms with Crippen molar-refractivity contribution in [1.82, 2.24) is 0 Å². The summed E-state index contributed by atoms with van der Waals surface area (Å²) < 4.78 is 5.54. The molecule has 0 saturated carbocycles. The summed E-state index contributed by atoms with van der Waals surface area (Å²) in [5.41, 5.74) is 1.27. The second-order valence-corrected chi connectivity index (χ2v) is 4.23. The number of rotatable bonds is 5. The van der Waals surface area contributed by atoms with Crippen molar-refractivity contribution in [2.24, 2.45) is 5.92 Å². The number of benzene rings is 1. The van der Waals surface area contributed by atoms with E-state index in [1.807, 2.05) is 13.0 Å². The van der Waals surface area contributed by atoms with Crippen LogP contribution in [0.25, 0.3) is 0 Å². The van der Waals surface area contributed by atoms with Gasteiger partial charge in [-0.3, -0.25) is 0 Å². The number of aryl methyl sites for hydroxylation is 1. The third-order valence-corrected chi connectivity index (χ3v) is 2.20. The first-order valence-electron chi connectivity index (χ1n) is 5.53. The molecule has 0 unspecified atom stereocenters. The van der Waals surface area contributed by atoms with Crippen LogP contribution >= 0.6 is 0 Å². The van der Waals surface area contributed by atoms with Crippen LogP contribution in [-0.4, -0.2) is 17.7 Å². The fourth-order valence-corrected chi connectivity index (χ4v) is 1.33. The second-order valence-electron chi connectivity index (χ2n) is 4.23. The molecule has 0 aliphatic heterocycles. The Morgan fingerprint density at radius 3 is 2.56 bits per heavy atom. The average Bonchev–Trinajstić information content (AvgIpc) is 2.25. The summed E-state index contributed by atoms with van der Waals surface area (Å²) in [5, 5.41) is 8.95. The molecule has 0 amide bonds. The molecule has 0 aliphatic rings. The molecule has 88 valence electrons. The van der Waals surface area contributed by atoms with E-state index in [1.165, 1.54) is 0 Å². The molecule has 0 aliphatic carbocycles. The zero-order chi connectivity index (χ0) is 12.1. The van der Waals surface area contributed by atoms with E-state index in [0.717, 1.165) is 12.0 Å². The van der Waals surface area contributed by atoms with Gasteiger partial charge in [0.1, 0.15) is 5.75 Å². The number of hydrogen-bond donors (Lipinski definition) is 1. The molecule has 0 aromatic heterocycles. The Labute approximate surface area is 96.1 Å². The van der Waals surface area contributed by atoms with Gasteiger partial charge in [-0.1, -0.05) is 20.8 Å². The largest absolute Gasteiger partial charge is 0.493 e. The molecule has 0 saturated heterocycles. The summed E-state index contributed by atoms with van der Waals surface area (Å²) in [6.07, 6.45) is 0.805. The summed E-state index contributed by atoms with van der Waals surface area (Å²) >= 11 is 0. The van der Waals surface area contributed by atoms with Crippen LogP contribution in [0.5, 0.6) is 5.75 Å².